The highest BCUT2D eigenvalue weighted by Crippen LogP contribution is 2.07. The fourth-order valence-electron chi connectivity index (χ4n) is 0.691. The Morgan fingerprint density at radius 2 is 2.43 bits per heavy atom. The van der Waals surface area contributed by atoms with Gasteiger partial charge in [0, 0.05) is 18.3 Å². The lowest BCUT2D eigenvalue weighted by atomic mass is 10.0. The molecule has 1 aliphatic heterocycles. The van der Waals surface area contributed by atoms with E-state index in [2.05, 4.69) is 4.90 Å². The van der Waals surface area contributed by atoms with E-state index in [9.17, 15) is 0 Å². The van der Waals surface area contributed by atoms with Crippen LogP contribution in [0.4, 0.5) is 0 Å². The van der Waals surface area contributed by atoms with Gasteiger partial charge < -0.3 is 5.41 Å². The minimum absolute atomic E-state index is 0.417. The molecule has 7 heavy (non-hydrogen) atoms. The number of likely N-dealkylation sites (tertiary alicyclic amines) is 1. The van der Waals surface area contributed by atoms with Crippen LogP contribution in [0.5, 0.6) is 0 Å². The molecule has 0 spiro atoms. The fourth-order valence-corrected chi connectivity index (χ4v) is 0.691. The first kappa shape index (κ1) is 4.78. The van der Waals surface area contributed by atoms with Gasteiger partial charge in [0.15, 0.2) is 0 Å². The summed E-state index contributed by atoms with van der Waals surface area (Å²) in [4.78, 5) is 2.14. The van der Waals surface area contributed by atoms with E-state index in [1.165, 1.54) is 0 Å². The Labute approximate surface area is 43.6 Å². The molecule has 2 heteroatoms. The van der Waals surface area contributed by atoms with Gasteiger partial charge in [-0.25, -0.2) is 0 Å². The van der Waals surface area contributed by atoms with Gasteiger partial charge in [-0.1, -0.05) is 0 Å². The smallest absolute Gasteiger partial charge is 0.0460 e. The summed E-state index contributed by atoms with van der Waals surface area (Å²) in [5.74, 6) is 0. The van der Waals surface area contributed by atoms with Crippen LogP contribution in [-0.4, -0.2) is 30.2 Å². The standard InChI is InChI=1S/C5H10N2/c1-4-5(6)3-7(4)2/h4,6H,3H2,1-2H3. The maximum absolute atomic E-state index is 7.12. The molecule has 1 aliphatic rings. The lowest BCUT2D eigenvalue weighted by molar-refractivity contribution is 0.289. The molecule has 1 unspecified atom stereocenters. The zero-order valence-corrected chi connectivity index (χ0v) is 4.73. The van der Waals surface area contributed by atoms with Crippen LogP contribution in [0.1, 0.15) is 6.92 Å². The molecule has 1 fully saturated rings. The van der Waals surface area contributed by atoms with E-state index in [0.29, 0.717) is 6.04 Å². The first-order valence-electron chi connectivity index (χ1n) is 2.49. The van der Waals surface area contributed by atoms with Crippen molar-refractivity contribution in [3.05, 3.63) is 0 Å². The minimum Gasteiger partial charge on any atom is -0.307 e. The number of hydrogen-bond acceptors (Lipinski definition) is 2. The second kappa shape index (κ2) is 1.30. The first-order valence-corrected chi connectivity index (χ1v) is 2.49. The lowest BCUT2D eigenvalue weighted by Gasteiger charge is -2.35. The quantitative estimate of drug-likeness (QED) is 0.464. The number of nitrogens with zero attached hydrogens (tertiary/aromatic N) is 1. The summed E-state index contributed by atoms with van der Waals surface area (Å²) in [6.45, 7) is 2.92. The van der Waals surface area contributed by atoms with Crippen molar-refractivity contribution >= 4 is 5.71 Å². The predicted molar refractivity (Wildman–Crippen MR) is 29.8 cm³/mol. The SMILES string of the molecule is CC1C(=N)CN1C. The minimum atomic E-state index is 0.417. The summed E-state index contributed by atoms with van der Waals surface area (Å²) in [7, 11) is 2.03. The van der Waals surface area contributed by atoms with Crippen molar-refractivity contribution < 1.29 is 0 Å². The second-order valence-electron chi connectivity index (χ2n) is 2.12. The molecular weight excluding hydrogens is 88.1 g/mol. The lowest BCUT2D eigenvalue weighted by Crippen LogP contribution is -2.52. The highest BCUT2D eigenvalue weighted by atomic mass is 15.2. The van der Waals surface area contributed by atoms with Crippen LogP contribution in [-0.2, 0) is 0 Å². The molecule has 0 bridgehead atoms. The molecule has 1 saturated heterocycles. The predicted octanol–water partition coefficient (Wildman–Crippen LogP) is 0.340. The Morgan fingerprint density at radius 3 is 2.43 bits per heavy atom. The molecule has 0 aromatic heterocycles. The first-order chi connectivity index (χ1) is 3.22. The fraction of sp³-hybridized carbons (Fsp3) is 0.800. The van der Waals surface area contributed by atoms with Gasteiger partial charge in [-0.2, -0.15) is 0 Å². The van der Waals surface area contributed by atoms with E-state index in [4.69, 9.17) is 5.41 Å². The summed E-state index contributed by atoms with van der Waals surface area (Å²) >= 11 is 0. The highest BCUT2D eigenvalue weighted by molar-refractivity contribution is 5.93. The molecule has 0 aliphatic carbocycles. The Morgan fingerprint density at radius 1 is 1.86 bits per heavy atom. The Hall–Kier alpha value is -0.370. The maximum Gasteiger partial charge on any atom is 0.0460 e. The van der Waals surface area contributed by atoms with Crippen LogP contribution in [0.25, 0.3) is 0 Å². The topological polar surface area (TPSA) is 27.1 Å². The molecule has 1 heterocycles. The molecule has 0 amide bonds. The van der Waals surface area contributed by atoms with E-state index < -0.39 is 0 Å². The van der Waals surface area contributed by atoms with E-state index >= 15 is 0 Å². The molecule has 2 nitrogen and oxygen atoms in total. The van der Waals surface area contributed by atoms with Crippen molar-refractivity contribution in [2.24, 2.45) is 0 Å². The number of nitrogens with one attached hydrogen (secondary N) is 1. The summed E-state index contributed by atoms with van der Waals surface area (Å²) in [5.41, 5.74) is 0.863. The van der Waals surface area contributed by atoms with E-state index in [1.807, 2.05) is 14.0 Å². The molecule has 40 valence electrons. The van der Waals surface area contributed by atoms with Gasteiger partial charge in [-0.3, -0.25) is 4.90 Å². The normalized spacial score (nSPS) is 32.9. The molecular formula is C5H10N2. The third-order valence-corrected chi connectivity index (χ3v) is 1.59. The number of hydrogen-bond donors (Lipinski definition) is 1. The molecule has 0 saturated carbocycles. The number of rotatable bonds is 0. The van der Waals surface area contributed by atoms with E-state index in [0.717, 1.165) is 12.3 Å². The summed E-state index contributed by atoms with van der Waals surface area (Å²) < 4.78 is 0. The van der Waals surface area contributed by atoms with Crippen molar-refractivity contribution in [2.45, 2.75) is 13.0 Å². The Balaban J connectivity index is 2.43. The third-order valence-electron chi connectivity index (χ3n) is 1.59. The van der Waals surface area contributed by atoms with Crippen LogP contribution in [0.3, 0.4) is 0 Å². The largest absolute Gasteiger partial charge is 0.307 e. The van der Waals surface area contributed by atoms with Gasteiger partial charge in [0.05, 0.1) is 0 Å². The zero-order valence-electron chi connectivity index (χ0n) is 4.73. The van der Waals surface area contributed by atoms with Crippen LogP contribution in [0.15, 0.2) is 0 Å². The molecule has 1 atom stereocenters. The maximum atomic E-state index is 7.12. The van der Waals surface area contributed by atoms with Crippen molar-refractivity contribution in [1.29, 1.82) is 5.41 Å². The molecule has 0 aromatic carbocycles. The average molecular weight is 98.1 g/mol. The van der Waals surface area contributed by atoms with Crippen molar-refractivity contribution in [1.82, 2.24) is 4.90 Å². The van der Waals surface area contributed by atoms with Gasteiger partial charge in [0.1, 0.15) is 0 Å². The summed E-state index contributed by atoms with van der Waals surface area (Å²) in [6.07, 6.45) is 0. The Kier molecular flexibility index (Phi) is 0.889. The second-order valence-corrected chi connectivity index (χ2v) is 2.12. The van der Waals surface area contributed by atoms with Gasteiger partial charge >= 0.3 is 0 Å². The average Bonchev–Trinajstić information content (AvgIpc) is 1.68. The monoisotopic (exact) mass is 98.1 g/mol. The molecule has 0 aromatic rings. The van der Waals surface area contributed by atoms with Crippen molar-refractivity contribution in [2.75, 3.05) is 13.6 Å². The molecule has 1 N–H and O–H groups in total. The Bertz CT molecular complexity index is 98.3. The summed E-state index contributed by atoms with van der Waals surface area (Å²) in [5, 5.41) is 7.12. The third kappa shape index (κ3) is 0.548. The van der Waals surface area contributed by atoms with Crippen molar-refractivity contribution in [3.63, 3.8) is 0 Å². The van der Waals surface area contributed by atoms with E-state index in [1.54, 1.807) is 0 Å². The highest BCUT2D eigenvalue weighted by Gasteiger charge is 2.24. The molecule has 1 rings (SSSR count). The van der Waals surface area contributed by atoms with E-state index in [-0.39, 0.29) is 0 Å². The summed E-state index contributed by atoms with van der Waals surface area (Å²) in [6, 6.07) is 0.417. The molecule has 0 radical (unpaired) electrons. The van der Waals surface area contributed by atoms with Gasteiger partial charge in [-0.15, -0.1) is 0 Å². The van der Waals surface area contributed by atoms with Gasteiger partial charge in [0.2, 0.25) is 0 Å². The van der Waals surface area contributed by atoms with Gasteiger partial charge in [-0.05, 0) is 14.0 Å². The zero-order chi connectivity index (χ0) is 5.44. The van der Waals surface area contributed by atoms with Crippen LogP contribution >= 0.6 is 0 Å². The van der Waals surface area contributed by atoms with Crippen LogP contribution in [0.2, 0.25) is 0 Å². The van der Waals surface area contributed by atoms with Crippen molar-refractivity contribution in [3.8, 4) is 0 Å². The van der Waals surface area contributed by atoms with Crippen LogP contribution in [0, 0.1) is 5.41 Å². The van der Waals surface area contributed by atoms with Gasteiger partial charge in [0.25, 0.3) is 0 Å². The van der Waals surface area contributed by atoms with Crippen LogP contribution < -0.4 is 0 Å².